The lowest BCUT2D eigenvalue weighted by molar-refractivity contribution is -0.125. The van der Waals surface area contributed by atoms with Crippen molar-refractivity contribution in [3.63, 3.8) is 0 Å². The minimum Gasteiger partial charge on any atom is -0.305 e. The molecule has 0 fully saturated rings. The average Bonchev–Trinajstić information content (AvgIpc) is 2.21. The molecule has 0 aliphatic carbocycles. The van der Waals surface area contributed by atoms with Crippen LogP contribution in [0.5, 0.6) is 0 Å². The van der Waals surface area contributed by atoms with Gasteiger partial charge < -0.3 is 5.32 Å². The molecule has 0 aliphatic rings. The van der Waals surface area contributed by atoms with E-state index in [2.05, 4.69) is 39.9 Å². The molecule has 0 rings (SSSR count). The number of hydrogen-bond donors (Lipinski definition) is 1. The zero-order valence-electron chi connectivity index (χ0n) is 12.4. The molecule has 2 unspecified atom stereocenters. The number of carbonyl (C=O) groups is 1. The van der Waals surface area contributed by atoms with Crippen LogP contribution in [0.25, 0.3) is 0 Å². The average molecular weight is 259 g/mol. The van der Waals surface area contributed by atoms with Crippen molar-refractivity contribution in [1.29, 1.82) is 0 Å². The largest absolute Gasteiger partial charge is 0.305 e. The number of Topliss-reactive ketones (excluding diaryl/α,β-unsaturated/α-hetero) is 1. The van der Waals surface area contributed by atoms with Crippen LogP contribution in [0.15, 0.2) is 0 Å². The fraction of sp³-hybridized carbons (Fsp3) is 0.929. The molecule has 0 amide bonds. The molecule has 0 radical (unpaired) electrons. The number of rotatable bonds is 8. The quantitative estimate of drug-likeness (QED) is 0.725. The predicted molar refractivity (Wildman–Crippen MR) is 78.7 cm³/mol. The van der Waals surface area contributed by atoms with Crippen LogP contribution < -0.4 is 5.32 Å². The summed E-state index contributed by atoms with van der Waals surface area (Å²) in [5.41, 5.74) is 0. The van der Waals surface area contributed by atoms with Gasteiger partial charge in [0, 0.05) is 12.0 Å². The molecule has 0 saturated carbocycles. The van der Waals surface area contributed by atoms with Gasteiger partial charge in [-0.1, -0.05) is 48.5 Å². The van der Waals surface area contributed by atoms with E-state index in [-0.39, 0.29) is 12.0 Å². The molecule has 0 aromatic heterocycles. The molecule has 0 aromatic carbocycles. The van der Waals surface area contributed by atoms with Gasteiger partial charge in [-0.15, -0.1) is 0 Å². The van der Waals surface area contributed by atoms with Crippen LogP contribution >= 0.6 is 11.8 Å². The highest BCUT2D eigenvalue weighted by molar-refractivity contribution is 7.99. The second-order valence-corrected chi connectivity index (χ2v) is 7.32. The monoisotopic (exact) mass is 259 g/mol. The maximum atomic E-state index is 12.2. The van der Waals surface area contributed by atoms with Gasteiger partial charge in [0.05, 0.1) is 6.04 Å². The molecule has 0 spiro atoms. The smallest absolute Gasteiger partial charge is 0.152 e. The van der Waals surface area contributed by atoms with Crippen LogP contribution in [0, 0.1) is 11.8 Å². The first-order chi connectivity index (χ1) is 7.75. The van der Waals surface area contributed by atoms with E-state index in [9.17, 15) is 4.79 Å². The Morgan fingerprint density at radius 1 is 1.06 bits per heavy atom. The maximum absolute atomic E-state index is 12.2. The topological polar surface area (TPSA) is 29.1 Å². The highest BCUT2D eigenvalue weighted by Crippen LogP contribution is 2.19. The zero-order valence-corrected chi connectivity index (χ0v) is 13.2. The number of nitrogens with one attached hydrogen (secondary N) is 1. The molecule has 17 heavy (non-hydrogen) atoms. The lowest BCUT2D eigenvalue weighted by Crippen LogP contribution is -2.47. The summed E-state index contributed by atoms with van der Waals surface area (Å²) in [5, 5.41) is 4.05. The molecule has 102 valence electrons. The summed E-state index contributed by atoms with van der Waals surface area (Å²) in [6.07, 6.45) is 0. The van der Waals surface area contributed by atoms with Crippen molar-refractivity contribution in [1.82, 2.24) is 5.32 Å². The van der Waals surface area contributed by atoms with E-state index < -0.39 is 0 Å². The van der Waals surface area contributed by atoms with Crippen LogP contribution in [-0.4, -0.2) is 28.9 Å². The number of carbonyl (C=O) groups excluding carboxylic acids is 1. The van der Waals surface area contributed by atoms with Gasteiger partial charge in [-0.05, 0) is 16.9 Å². The Labute approximate surface area is 111 Å². The first kappa shape index (κ1) is 17.0. The third-order valence-electron chi connectivity index (χ3n) is 2.65. The molecular weight excluding hydrogens is 230 g/mol. The molecule has 0 aromatic rings. The Morgan fingerprint density at radius 3 is 1.94 bits per heavy atom. The summed E-state index contributed by atoms with van der Waals surface area (Å²) in [7, 11) is 0. The van der Waals surface area contributed by atoms with Crippen LogP contribution in [0.1, 0.15) is 48.5 Å². The van der Waals surface area contributed by atoms with E-state index in [1.54, 1.807) is 0 Å². The molecule has 0 saturated heterocycles. The van der Waals surface area contributed by atoms with E-state index >= 15 is 0 Å². The Kier molecular flexibility index (Phi) is 8.14. The van der Waals surface area contributed by atoms with Gasteiger partial charge in [-0.3, -0.25) is 4.79 Å². The van der Waals surface area contributed by atoms with Gasteiger partial charge in [0.15, 0.2) is 5.78 Å². The van der Waals surface area contributed by atoms with Crippen molar-refractivity contribution in [3.05, 3.63) is 0 Å². The van der Waals surface area contributed by atoms with Crippen molar-refractivity contribution >= 4 is 17.5 Å². The SMILES string of the molecule is CC(C)NC(C(=O)C(C)C)C(C)CSC(C)C. The molecule has 0 bridgehead atoms. The lowest BCUT2D eigenvalue weighted by Gasteiger charge is -2.27. The first-order valence-electron chi connectivity index (χ1n) is 6.67. The van der Waals surface area contributed by atoms with E-state index in [0.717, 1.165) is 5.75 Å². The highest BCUT2D eigenvalue weighted by atomic mass is 32.2. The second-order valence-electron chi connectivity index (χ2n) is 5.72. The summed E-state index contributed by atoms with van der Waals surface area (Å²) in [6.45, 7) is 14.7. The fourth-order valence-electron chi connectivity index (χ4n) is 1.69. The zero-order chi connectivity index (χ0) is 13.6. The summed E-state index contributed by atoms with van der Waals surface area (Å²) in [5.74, 6) is 1.88. The van der Waals surface area contributed by atoms with Crippen molar-refractivity contribution in [2.45, 2.75) is 65.8 Å². The molecule has 3 heteroatoms. The number of hydrogen-bond acceptors (Lipinski definition) is 3. The highest BCUT2D eigenvalue weighted by Gasteiger charge is 2.27. The molecule has 0 heterocycles. The summed E-state index contributed by atoms with van der Waals surface area (Å²) in [4.78, 5) is 12.2. The molecule has 2 atom stereocenters. The minimum absolute atomic E-state index is 0.00116. The van der Waals surface area contributed by atoms with Gasteiger partial charge in [0.1, 0.15) is 0 Å². The van der Waals surface area contributed by atoms with Crippen LogP contribution in [0.4, 0.5) is 0 Å². The molecular formula is C14H29NOS. The lowest BCUT2D eigenvalue weighted by atomic mass is 9.92. The normalized spacial score (nSPS) is 15.6. The van der Waals surface area contributed by atoms with Gasteiger partial charge in [0.25, 0.3) is 0 Å². The van der Waals surface area contributed by atoms with E-state index in [4.69, 9.17) is 0 Å². The summed E-state index contributed by atoms with van der Waals surface area (Å²) >= 11 is 1.93. The molecule has 2 nitrogen and oxygen atoms in total. The second kappa shape index (κ2) is 8.15. The predicted octanol–water partition coefficient (Wildman–Crippen LogP) is 3.36. The van der Waals surface area contributed by atoms with E-state index in [1.807, 2.05) is 25.6 Å². The molecule has 0 aliphatic heterocycles. The maximum Gasteiger partial charge on any atom is 0.152 e. The summed E-state index contributed by atoms with van der Waals surface area (Å²) < 4.78 is 0. The van der Waals surface area contributed by atoms with E-state index in [0.29, 0.717) is 23.0 Å². The van der Waals surface area contributed by atoms with Gasteiger partial charge in [0.2, 0.25) is 0 Å². The van der Waals surface area contributed by atoms with E-state index in [1.165, 1.54) is 0 Å². The standard InChI is InChI=1S/C14H29NOS/c1-9(2)14(16)13(15-10(3)4)12(7)8-17-11(5)6/h9-13,15H,8H2,1-7H3. The third-order valence-corrected chi connectivity index (χ3v) is 4.03. The third kappa shape index (κ3) is 7.10. The van der Waals surface area contributed by atoms with Crippen LogP contribution in [0.3, 0.4) is 0 Å². The van der Waals surface area contributed by atoms with Crippen molar-refractivity contribution in [2.75, 3.05) is 5.75 Å². The Hall–Kier alpha value is -0.0200. The molecule has 1 N–H and O–H groups in total. The first-order valence-corrected chi connectivity index (χ1v) is 7.71. The van der Waals surface area contributed by atoms with Crippen molar-refractivity contribution in [3.8, 4) is 0 Å². The number of ketones is 1. The van der Waals surface area contributed by atoms with Crippen LogP contribution in [-0.2, 0) is 4.79 Å². The van der Waals surface area contributed by atoms with Gasteiger partial charge in [-0.2, -0.15) is 11.8 Å². The Bertz CT molecular complexity index is 226. The minimum atomic E-state index is 0.00116. The Balaban J connectivity index is 4.50. The van der Waals surface area contributed by atoms with Crippen molar-refractivity contribution < 1.29 is 4.79 Å². The van der Waals surface area contributed by atoms with Gasteiger partial charge >= 0.3 is 0 Å². The van der Waals surface area contributed by atoms with Gasteiger partial charge in [-0.25, -0.2) is 0 Å². The van der Waals surface area contributed by atoms with Crippen LogP contribution in [0.2, 0.25) is 0 Å². The fourth-order valence-corrected chi connectivity index (χ4v) is 2.57. The number of thioether (sulfide) groups is 1. The van der Waals surface area contributed by atoms with Crippen molar-refractivity contribution in [2.24, 2.45) is 11.8 Å². The summed E-state index contributed by atoms with van der Waals surface area (Å²) in [6, 6.07) is 0.357. The Morgan fingerprint density at radius 2 is 1.59 bits per heavy atom.